The minimum Gasteiger partial charge on any atom is -0.381 e. The van der Waals surface area contributed by atoms with Crippen LogP contribution in [0.4, 0.5) is 5.82 Å². The van der Waals surface area contributed by atoms with Gasteiger partial charge in [-0.25, -0.2) is 15.0 Å². The maximum Gasteiger partial charge on any atom is 0.271 e. The monoisotopic (exact) mass is 285 g/mol. The molecule has 0 saturated carbocycles. The van der Waals surface area contributed by atoms with Crippen LogP contribution in [0.25, 0.3) is 11.0 Å². The third kappa shape index (κ3) is 2.48. The first-order valence-corrected chi connectivity index (χ1v) is 6.90. The van der Waals surface area contributed by atoms with Gasteiger partial charge in [-0.05, 0) is 12.1 Å². The normalized spacial score (nSPS) is 10.8. The maximum atomic E-state index is 11.9. The van der Waals surface area contributed by atoms with Crippen molar-refractivity contribution in [2.24, 2.45) is 0 Å². The molecule has 3 rings (SSSR count). The van der Waals surface area contributed by atoms with Gasteiger partial charge in [0.05, 0.1) is 11.0 Å². The van der Waals surface area contributed by atoms with Gasteiger partial charge >= 0.3 is 0 Å². The summed E-state index contributed by atoms with van der Waals surface area (Å²) in [5.74, 6) is 0.748. The molecule has 0 aliphatic carbocycles. The Bertz CT molecular complexity index is 817. The lowest BCUT2D eigenvalue weighted by atomic mass is 10.3. The molecule has 20 heavy (non-hydrogen) atoms. The largest absolute Gasteiger partial charge is 0.381 e. The molecule has 0 saturated heterocycles. The first kappa shape index (κ1) is 12.6. The van der Waals surface area contributed by atoms with E-state index in [-0.39, 0.29) is 5.56 Å². The van der Waals surface area contributed by atoms with E-state index < -0.39 is 0 Å². The SMILES string of the molecule is Nc1nccnc1SCc1nc2ccccc2[nH]c1=O. The zero-order valence-corrected chi connectivity index (χ0v) is 11.2. The number of nitrogens with two attached hydrogens (primary N) is 1. The average Bonchev–Trinajstić information content (AvgIpc) is 2.46. The number of thioether (sulfide) groups is 1. The number of nitrogen functional groups attached to an aromatic ring is 1. The van der Waals surface area contributed by atoms with Crippen LogP contribution in [0.2, 0.25) is 0 Å². The van der Waals surface area contributed by atoms with E-state index in [1.54, 1.807) is 6.20 Å². The molecule has 100 valence electrons. The molecule has 6 nitrogen and oxygen atoms in total. The Hall–Kier alpha value is -2.41. The molecule has 0 fully saturated rings. The number of anilines is 1. The molecule has 0 amide bonds. The highest BCUT2D eigenvalue weighted by Gasteiger charge is 2.08. The number of nitrogens with zero attached hydrogens (tertiary/aromatic N) is 3. The van der Waals surface area contributed by atoms with Crippen LogP contribution < -0.4 is 11.3 Å². The van der Waals surface area contributed by atoms with Crippen molar-refractivity contribution >= 4 is 28.6 Å². The summed E-state index contributed by atoms with van der Waals surface area (Å²) in [5.41, 5.74) is 7.45. The zero-order chi connectivity index (χ0) is 13.9. The molecule has 0 aliphatic rings. The van der Waals surface area contributed by atoms with Crippen molar-refractivity contribution in [2.45, 2.75) is 10.8 Å². The molecule has 0 unspecified atom stereocenters. The van der Waals surface area contributed by atoms with E-state index in [9.17, 15) is 4.79 Å². The molecule has 0 atom stereocenters. The van der Waals surface area contributed by atoms with Gasteiger partial charge in [-0.2, -0.15) is 0 Å². The van der Waals surface area contributed by atoms with Gasteiger partial charge in [-0.15, -0.1) is 0 Å². The third-order valence-electron chi connectivity index (χ3n) is 2.71. The van der Waals surface area contributed by atoms with Crippen molar-refractivity contribution < 1.29 is 0 Å². The predicted octanol–water partition coefficient (Wildman–Crippen LogP) is 1.59. The van der Waals surface area contributed by atoms with Crippen molar-refractivity contribution in [1.82, 2.24) is 19.9 Å². The van der Waals surface area contributed by atoms with Crippen LogP contribution >= 0.6 is 11.8 Å². The van der Waals surface area contributed by atoms with Crippen LogP contribution in [0.1, 0.15) is 5.69 Å². The standard InChI is InChI=1S/C13H11N5OS/c14-11-13(16-6-5-15-11)20-7-10-12(19)18-9-4-2-1-3-8(9)17-10/h1-6H,7H2,(H2,14,15)(H,18,19). The molecule has 0 radical (unpaired) electrons. The summed E-state index contributed by atoms with van der Waals surface area (Å²) in [6.45, 7) is 0. The van der Waals surface area contributed by atoms with Gasteiger partial charge in [-0.3, -0.25) is 4.79 Å². The van der Waals surface area contributed by atoms with Crippen LogP contribution in [-0.4, -0.2) is 19.9 Å². The number of aromatic nitrogens is 4. The van der Waals surface area contributed by atoms with Crippen molar-refractivity contribution in [2.75, 3.05) is 5.73 Å². The molecule has 1 aromatic carbocycles. The lowest BCUT2D eigenvalue weighted by molar-refractivity contribution is 1.06. The van der Waals surface area contributed by atoms with Crippen LogP contribution in [-0.2, 0) is 5.75 Å². The van der Waals surface area contributed by atoms with E-state index in [1.807, 2.05) is 24.3 Å². The summed E-state index contributed by atoms with van der Waals surface area (Å²) < 4.78 is 0. The van der Waals surface area contributed by atoms with Crippen molar-refractivity contribution in [3.05, 3.63) is 52.7 Å². The summed E-state index contributed by atoms with van der Waals surface area (Å²) in [4.78, 5) is 27.2. The number of aromatic amines is 1. The Morgan fingerprint density at radius 3 is 2.85 bits per heavy atom. The van der Waals surface area contributed by atoms with Crippen molar-refractivity contribution in [3.8, 4) is 0 Å². The van der Waals surface area contributed by atoms with Crippen molar-refractivity contribution in [1.29, 1.82) is 0 Å². The topological polar surface area (TPSA) is 97.5 Å². The number of rotatable bonds is 3. The highest BCUT2D eigenvalue weighted by atomic mass is 32.2. The summed E-state index contributed by atoms with van der Waals surface area (Å²) in [6, 6.07) is 7.41. The Kier molecular flexibility index (Phi) is 3.34. The first-order chi connectivity index (χ1) is 9.74. The predicted molar refractivity (Wildman–Crippen MR) is 78.4 cm³/mol. The number of benzene rings is 1. The van der Waals surface area contributed by atoms with E-state index in [4.69, 9.17) is 5.73 Å². The second-order valence-electron chi connectivity index (χ2n) is 4.07. The van der Waals surface area contributed by atoms with E-state index in [0.717, 1.165) is 11.0 Å². The quantitative estimate of drug-likeness (QED) is 0.709. The summed E-state index contributed by atoms with van der Waals surface area (Å²) in [5, 5.41) is 0.599. The lowest BCUT2D eigenvalue weighted by Crippen LogP contribution is -2.14. The van der Waals surface area contributed by atoms with E-state index in [2.05, 4.69) is 19.9 Å². The number of hydrogen-bond acceptors (Lipinski definition) is 6. The molecule has 0 bridgehead atoms. The van der Waals surface area contributed by atoms with Gasteiger partial charge in [-0.1, -0.05) is 23.9 Å². The molecule has 3 N–H and O–H groups in total. The minimum absolute atomic E-state index is 0.196. The van der Waals surface area contributed by atoms with Gasteiger partial charge < -0.3 is 10.7 Å². The van der Waals surface area contributed by atoms with E-state index in [0.29, 0.717) is 22.3 Å². The number of nitrogens with one attached hydrogen (secondary N) is 1. The smallest absolute Gasteiger partial charge is 0.271 e. The van der Waals surface area contributed by atoms with Gasteiger partial charge in [0, 0.05) is 18.1 Å². The minimum atomic E-state index is -0.196. The average molecular weight is 285 g/mol. The fourth-order valence-electron chi connectivity index (χ4n) is 1.75. The maximum absolute atomic E-state index is 11.9. The molecule has 0 spiro atoms. The number of para-hydroxylation sites is 2. The molecule has 3 aromatic rings. The number of fused-ring (bicyclic) bond motifs is 1. The number of hydrogen-bond donors (Lipinski definition) is 2. The van der Waals surface area contributed by atoms with Crippen molar-refractivity contribution in [3.63, 3.8) is 0 Å². The Labute approximate surface area is 118 Å². The molecule has 7 heteroatoms. The summed E-state index contributed by atoms with van der Waals surface area (Å²) in [6.07, 6.45) is 3.09. The Morgan fingerprint density at radius 2 is 2.00 bits per heavy atom. The van der Waals surface area contributed by atoms with E-state index in [1.165, 1.54) is 18.0 Å². The van der Waals surface area contributed by atoms with Gasteiger partial charge in [0.25, 0.3) is 5.56 Å². The molecule has 2 aromatic heterocycles. The van der Waals surface area contributed by atoms with Crippen LogP contribution in [0.15, 0.2) is 46.5 Å². The highest BCUT2D eigenvalue weighted by molar-refractivity contribution is 7.98. The number of H-pyrrole nitrogens is 1. The fraction of sp³-hybridized carbons (Fsp3) is 0.0769. The highest BCUT2D eigenvalue weighted by Crippen LogP contribution is 2.22. The van der Waals surface area contributed by atoms with Crippen LogP contribution in [0.5, 0.6) is 0 Å². The Morgan fingerprint density at radius 1 is 1.20 bits per heavy atom. The van der Waals surface area contributed by atoms with Crippen LogP contribution in [0.3, 0.4) is 0 Å². The summed E-state index contributed by atoms with van der Waals surface area (Å²) >= 11 is 1.34. The lowest BCUT2D eigenvalue weighted by Gasteiger charge is -2.03. The summed E-state index contributed by atoms with van der Waals surface area (Å²) in [7, 11) is 0. The molecular formula is C13H11N5OS. The second kappa shape index (κ2) is 5.30. The van der Waals surface area contributed by atoms with Gasteiger partial charge in [0.2, 0.25) is 0 Å². The van der Waals surface area contributed by atoms with E-state index >= 15 is 0 Å². The first-order valence-electron chi connectivity index (χ1n) is 5.91. The van der Waals surface area contributed by atoms with Gasteiger partial charge in [0.15, 0.2) is 5.82 Å². The van der Waals surface area contributed by atoms with Gasteiger partial charge in [0.1, 0.15) is 10.7 Å². The molecule has 0 aliphatic heterocycles. The van der Waals surface area contributed by atoms with Crippen LogP contribution in [0, 0.1) is 0 Å². The molecule has 2 heterocycles. The zero-order valence-electron chi connectivity index (χ0n) is 10.4. The molecular weight excluding hydrogens is 274 g/mol. The third-order valence-corrected chi connectivity index (χ3v) is 3.71. The Balaban J connectivity index is 1.89. The second-order valence-corrected chi connectivity index (χ2v) is 5.03. The fourth-order valence-corrected chi connectivity index (χ4v) is 2.55.